The van der Waals surface area contributed by atoms with Gasteiger partial charge >= 0.3 is 0 Å². The average Bonchev–Trinajstić information content (AvgIpc) is 2.50. The molecule has 2 atom stereocenters. The van der Waals surface area contributed by atoms with Gasteiger partial charge in [0.1, 0.15) is 11.6 Å². The molecule has 1 heterocycles. The van der Waals surface area contributed by atoms with Crippen molar-refractivity contribution in [2.45, 2.75) is 51.2 Å². The molecular formula is C11H16O3. The molecule has 0 radical (unpaired) electrons. The first-order valence-electron chi connectivity index (χ1n) is 5.34. The molecule has 0 N–H and O–H groups in total. The second-order valence-corrected chi connectivity index (χ2v) is 4.48. The Morgan fingerprint density at radius 3 is 2.29 bits per heavy atom. The van der Waals surface area contributed by atoms with E-state index in [1.807, 2.05) is 6.92 Å². The molecule has 0 aromatic rings. The van der Waals surface area contributed by atoms with Crippen molar-refractivity contribution in [3.05, 3.63) is 0 Å². The highest BCUT2D eigenvalue weighted by atomic mass is 16.5. The molecule has 3 heteroatoms. The summed E-state index contributed by atoms with van der Waals surface area (Å²) in [6, 6.07) is 0. The molecule has 0 aromatic carbocycles. The van der Waals surface area contributed by atoms with Crippen LogP contribution in [0.15, 0.2) is 0 Å². The third-order valence-electron chi connectivity index (χ3n) is 3.16. The smallest absolute Gasteiger partial charge is 0.140 e. The Labute approximate surface area is 83.8 Å². The van der Waals surface area contributed by atoms with Gasteiger partial charge in [-0.25, -0.2) is 0 Å². The predicted octanol–water partition coefficient (Wildman–Crippen LogP) is 1.49. The van der Waals surface area contributed by atoms with Gasteiger partial charge in [0, 0.05) is 12.8 Å². The largest absolute Gasteiger partial charge is 0.375 e. The van der Waals surface area contributed by atoms with Crippen LogP contribution in [0, 0.1) is 5.92 Å². The molecule has 1 aliphatic carbocycles. The summed E-state index contributed by atoms with van der Waals surface area (Å²) in [5.41, 5.74) is 0. The fourth-order valence-corrected chi connectivity index (χ4v) is 2.46. The van der Waals surface area contributed by atoms with Crippen molar-refractivity contribution in [2.75, 3.05) is 0 Å². The molecule has 0 aromatic heterocycles. The lowest BCUT2D eigenvalue weighted by atomic mass is 9.83. The topological polar surface area (TPSA) is 43.4 Å². The van der Waals surface area contributed by atoms with Crippen molar-refractivity contribution in [1.82, 2.24) is 0 Å². The van der Waals surface area contributed by atoms with E-state index in [0.717, 1.165) is 12.8 Å². The van der Waals surface area contributed by atoms with Crippen molar-refractivity contribution in [3.8, 4) is 0 Å². The van der Waals surface area contributed by atoms with Crippen LogP contribution in [0.4, 0.5) is 0 Å². The summed E-state index contributed by atoms with van der Waals surface area (Å²) in [7, 11) is 0. The minimum atomic E-state index is 0.0920. The second kappa shape index (κ2) is 3.81. The quantitative estimate of drug-likeness (QED) is 0.597. The summed E-state index contributed by atoms with van der Waals surface area (Å²) in [6.45, 7) is 2.05. The summed E-state index contributed by atoms with van der Waals surface area (Å²) < 4.78 is 5.69. The van der Waals surface area contributed by atoms with Crippen LogP contribution in [0.5, 0.6) is 0 Å². The molecule has 0 bridgehead atoms. The van der Waals surface area contributed by atoms with Crippen molar-refractivity contribution < 1.29 is 14.3 Å². The molecule has 0 amide bonds. The van der Waals surface area contributed by atoms with Crippen molar-refractivity contribution in [1.29, 1.82) is 0 Å². The van der Waals surface area contributed by atoms with E-state index in [-0.39, 0.29) is 30.0 Å². The van der Waals surface area contributed by atoms with Crippen LogP contribution in [-0.2, 0) is 14.3 Å². The van der Waals surface area contributed by atoms with E-state index in [4.69, 9.17) is 4.74 Å². The fourth-order valence-electron chi connectivity index (χ4n) is 2.46. The van der Waals surface area contributed by atoms with Gasteiger partial charge in [0.05, 0.1) is 18.6 Å². The molecule has 0 spiro atoms. The number of Topliss-reactive ketones (excluding diaryl/α,β-unsaturated/α-hetero) is 2. The number of carbonyl (C=O) groups is 2. The molecular weight excluding hydrogens is 180 g/mol. The van der Waals surface area contributed by atoms with Gasteiger partial charge in [-0.2, -0.15) is 0 Å². The van der Waals surface area contributed by atoms with Crippen LogP contribution >= 0.6 is 0 Å². The zero-order chi connectivity index (χ0) is 10.1. The highest BCUT2D eigenvalue weighted by Crippen LogP contribution is 2.32. The van der Waals surface area contributed by atoms with Crippen LogP contribution in [-0.4, -0.2) is 23.8 Å². The van der Waals surface area contributed by atoms with Crippen LogP contribution in [0.3, 0.4) is 0 Å². The summed E-state index contributed by atoms with van der Waals surface area (Å²) in [6.07, 6.45) is 3.76. The number of carbonyl (C=O) groups excluding carboxylic acids is 2. The SMILES string of the molecule is CC1CCC(C2CC(=O)CC(=O)C2)O1. The maximum atomic E-state index is 11.2. The average molecular weight is 196 g/mol. The zero-order valence-corrected chi connectivity index (χ0v) is 8.49. The number of ketones is 2. The minimum Gasteiger partial charge on any atom is -0.375 e. The molecule has 78 valence electrons. The fraction of sp³-hybridized carbons (Fsp3) is 0.818. The predicted molar refractivity (Wildman–Crippen MR) is 50.9 cm³/mol. The number of rotatable bonds is 1. The molecule has 1 saturated carbocycles. The molecule has 1 saturated heterocycles. The van der Waals surface area contributed by atoms with Gasteiger partial charge in [0.15, 0.2) is 0 Å². The first-order chi connectivity index (χ1) is 6.65. The van der Waals surface area contributed by atoms with Crippen LogP contribution in [0.1, 0.15) is 39.0 Å². The molecule has 2 aliphatic rings. The summed E-state index contributed by atoms with van der Waals surface area (Å²) in [4.78, 5) is 22.5. The molecule has 2 fully saturated rings. The Morgan fingerprint density at radius 1 is 1.14 bits per heavy atom. The van der Waals surface area contributed by atoms with Gasteiger partial charge in [-0.1, -0.05) is 0 Å². The minimum absolute atomic E-state index is 0.0920. The van der Waals surface area contributed by atoms with Crippen molar-refractivity contribution in [2.24, 2.45) is 5.92 Å². The molecule has 3 nitrogen and oxygen atoms in total. The van der Waals surface area contributed by atoms with Gasteiger partial charge < -0.3 is 4.74 Å². The lowest BCUT2D eigenvalue weighted by Gasteiger charge is -2.25. The Hall–Kier alpha value is -0.700. The maximum absolute atomic E-state index is 11.2. The summed E-state index contributed by atoms with van der Waals surface area (Å²) >= 11 is 0. The second-order valence-electron chi connectivity index (χ2n) is 4.48. The Bertz CT molecular complexity index is 243. The Morgan fingerprint density at radius 2 is 1.79 bits per heavy atom. The van der Waals surface area contributed by atoms with Crippen molar-refractivity contribution >= 4 is 11.6 Å². The highest BCUT2D eigenvalue weighted by molar-refractivity contribution is 6.01. The maximum Gasteiger partial charge on any atom is 0.140 e. The van der Waals surface area contributed by atoms with E-state index < -0.39 is 0 Å². The van der Waals surface area contributed by atoms with Crippen LogP contribution in [0.25, 0.3) is 0 Å². The molecule has 2 rings (SSSR count). The number of hydrogen-bond donors (Lipinski definition) is 0. The molecule has 2 unspecified atom stereocenters. The highest BCUT2D eigenvalue weighted by Gasteiger charge is 2.35. The number of hydrogen-bond acceptors (Lipinski definition) is 3. The van der Waals surface area contributed by atoms with E-state index in [1.165, 1.54) is 0 Å². The van der Waals surface area contributed by atoms with E-state index >= 15 is 0 Å². The van der Waals surface area contributed by atoms with E-state index in [0.29, 0.717) is 18.9 Å². The van der Waals surface area contributed by atoms with Gasteiger partial charge in [0.2, 0.25) is 0 Å². The lowest BCUT2D eigenvalue weighted by Crippen LogP contribution is -2.31. The number of ether oxygens (including phenoxy) is 1. The third kappa shape index (κ3) is 2.03. The van der Waals surface area contributed by atoms with E-state index in [9.17, 15) is 9.59 Å². The van der Waals surface area contributed by atoms with Gasteiger partial charge in [-0.05, 0) is 25.7 Å². The summed E-state index contributed by atoms with van der Waals surface area (Å²) in [5, 5.41) is 0. The third-order valence-corrected chi connectivity index (χ3v) is 3.16. The van der Waals surface area contributed by atoms with E-state index in [1.54, 1.807) is 0 Å². The van der Waals surface area contributed by atoms with Crippen molar-refractivity contribution in [3.63, 3.8) is 0 Å². The molecule has 14 heavy (non-hydrogen) atoms. The van der Waals surface area contributed by atoms with Crippen LogP contribution < -0.4 is 0 Å². The van der Waals surface area contributed by atoms with Gasteiger partial charge in [0.25, 0.3) is 0 Å². The van der Waals surface area contributed by atoms with Gasteiger partial charge in [-0.15, -0.1) is 0 Å². The first-order valence-corrected chi connectivity index (χ1v) is 5.34. The standard InChI is InChI=1S/C11H16O3/c1-7-2-3-11(14-7)8-4-9(12)6-10(13)5-8/h7-8,11H,2-6H2,1H3. The Kier molecular flexibility index (Phi) is 2.68. The Balaban J connectivity index is 1.97. The normalized spacial score (nSPS) is 35.2. The van der Waals surface area contributed by atoms with Gasteiger partial charge in [-0.3, -0.25) is 9.59 Å². The summed E-state index contributed by atoms with van der Waals surface area (Å²) in [5.74, 6) is 0.345. The first kappa shape index (κ1) is 9.84. The molecule has 1 aliphatic heterocycles. The van der Waals surface area contributed by atoms with E-state index in [2.05, 4.69) is 0 Å². The van der Waals surface area contributed by atoms with Crippen LogP contribution in [0.2, 0.25) is 0 Å². The zero-order valence-electron chi connectivity index (χ0n) is 8.49. The lowest BCUT2D eigenvalue weighted by molar-refractivity contribution is -0.133. The monoisotopic (exact) mass is 196 g/mol.